The summed E-state index contributed by atoms with van der Waals surface area (Å²) in [6.07, 6.45) is 2.77. The second-order valence-electron chi connectivity index (χ2n) is 4.61. The smallest absolute Gasteiger partial charge is 0.122 e. The highest BCUT2D eigenvalue weighted by Crippen LogP contribution is 2.29. The molecule has 0 unspecified atom stereocenters. The Kier molecular flexibility index (Phi) is 6.65. The maximum Gasteiger partial charge on any atom is 0.122 e. The lowest BCUT2D eigenvalue weighted by Crippen LogP contribution is -2.08. The van der Waals surface area contributed by atoms with Gasteiger partial charge in [0.25, 0.3) is 0 Å². The van der Waals surface area contributed by atoms with Crippen molar-refractivity contribution in [2.24, 2.45) is 5.73 Å². The van der Waals surface area contributed by atoms with Gasteiger partial charge < -0.3 is 10.5 Å². The summed E-state index contributed by atoms with van der Waals surface area (Å²) in [5, 5.41) is 0. The van der Waals surface area contributed by atoms with Crippen molar-refractivity contribution in [2.75, 3.05) is 6.61 Å². The first-order chi connectivity index (χ1) is 8.50. The van der Waals surface area contributed by atoms with Gasteiger partial charge in [-0.1, -0.05) is 42.0 Å². The molecule has 0 aliphatic heterocycles. The quantitative estimate of drug-likeness (QED) is 0.594. The third-order valence-electron chi connectivity index (χ3n) is 2.67. The molecule has 1 rings (SSSR count). The van der Waals surface area contributed by atoms with E-state index in [2.05, 4.69) is 35.8 Å². The van der Waals surface area contributed by atoms with Crippen LogP contribution in [-0.4, -0.2) is 11.6 Å². The number of halogens is 1. The van der Waals surface area contributed by atoms with Gasteiger partial charge in [0.15, 0.2) is 0 Å². The van der Waals surface area contributed by atoms with E-state index in [4.69, 9.17) is 22.7 Å². The van der Waals surface area contributed by atoms with Gasteiger partial charge in [0.05, 0.1) is 11.6 Å². The van der Waals surface area contributed by atoms with E-state index in [1.54, 1.807) is 0 Å². The first-order valence-electron chi connectivity index (χ1n) is 6.21. The average Bonchev–Trinajstić information content (AvgIpc) is 2.29. The summed E-state index contributed by atoms with van der Waals surface area (Å²) < 4.78 is 6.92. The summed E-state index contributed by atoms with van der Waals surface area (Å²) in [5.74, 6) is 1.43. The second kappa shape index (κ2) is 7.74. The first kappa shape index (κ1) is 15.4. The van der Waals surface area contributed by atoms with Gasteiger partial charge in [-0.25, -0.2) is 0 Å². The minimum atomic E-state index is 0.453. The molecule has 0 heterocycles. The van der Waals surface area contributed by atoms with Crippen molar-refractivity contribution in [3.05, 3.63) is 28.2 Å². The average molecular weight is 330 g/mol. The molecule has 0 aromatic heterocycles. The molecule has 100 valence electrons. The lowest BCUT2D eigenvalue weighted by Gasteiger charge is -2.14. The number of benzene rings is 1. The summed E-state index contributed by atoms with van der Waals surface area (Å²) in [7, 11) is 0. The van der Waals surface area contributed by atoms with Crippen molar-refractivity contribution < 1.29 is 4.74 Å². The van der Waals surface area contributed by atoms with Crippen molar-refractivity contribution in [3.63, 3.8) is 0 Å². The van der Waals surface area contributed by atoms with Crippen LogP contribution in [0.3, 0.4) is 0 Å². The largest absolute Gasteiger partial charge is 0.493 e. The van der Waals surface area contributed by atoms with Gasteiger partial charge in [-0.05, 0) is 48.9 Å². The topological polar surface area (TPSA) is 35.2 Å². The van der Waals surface area contributed by atoms with E-state index in [0.29, 0.717) is 17.5 Å². The minimum absolute atomic E-state index is 0.453. The molecule has 1 aromatic carbocycles. The van der Waals surface area contributed by atoms with Crippen LogP contribution in [-0.2, 0) is 0 Å². The van der Waals surface area contributed by atoms with E-state index in [9.17, 15) is 0 Å². The molecule has 0 saturated heterocycles. The molecule has 2 N–H and O–H groups in total. The molecule has 0 bridgehead atoms. The highest BCUT2D eigenvalue weighted by atomic mass is 79.9. The van der Waals surface area contributed by atoms with Gasteiger partial charge in [-0.3, -0.25) is 0 Å². The van der Waals surface area contributed by atoms with Crippen molar-refractivity contribution in [1.82, 2.24) is 0 Å². The van der Waals surface area contributed by atoms with Crippen LogP contribution in [0, 0.1) is 0 Å². The summed E-state index contributed by atoms with van der Waals surface area (Å²) >= 11 is 8.33. The van der Waals surface area contributed by atoms with Gasteiger partial charge in [0, 0.05) is 4.47 Å². The van der Waals surface area contributed by atoms with Crippen molar-refractivity contribution in [1.29, 1.82) is 0 Å². The second-order valence-corrected chi connectivity index (χ2v) is 6.05. The van der Waals surface area contributed by atoms with E-state index in [1.807, 2.05) is 12.1 Å². The van der Waals surface area contributed by atoms with E-state index < -0.39 is 0 Å². The number of thiocarbonyl (C=S) groups is 1. The van der Waals surface area contributed by atoms with Gasteiger partial charge >= 0.3 is 0 Å². The van der Waals surface area contributed by atoms with Crippen molar-refractivity contribution in [3.8, 4) is 5.75 Å². The van der Waals surface area contributed by atoms with Crippen LogP contribution >= 0.6 is 28.1 Å². The summed E-state index contributed by atoms with van der Waals surface area (Å²) in [5.41, 5.74) is 6.69. The fourth-order valence-corrected chi connectivity index (χ4v) is 2.21. The molecular weight excluding hydrogens is 310 g/mol. The van der Waals surface area contributed by atoms with Crippen LogP contribution in [0.25, 0.3) is 0 Å². The number of hydrogen-bond acceptors (Lipinski definition) is 2. The lowest BCUT2D eigenvalue weighted by atomic mass is 10.0. The third kappa shape index (κ3) is 5.36. The SMILES string of the molecule is CC(C)c1cc(Br)ccc1OCCCCC(N)=S. The first-order valence-corrected chi connectivity index (χ1v) is 7.41. The standard InChI is InChI=1S/C14H20BrNOS/c1-10(2)12-9-11(15)6-7-13(12)17-8-4-3-5-14(16)18/h6-7,9-10H,3-5,8H2,1-2H3,(H2,16,18). The highest BCUT2D eigenvalue weighted by molar-refractivity contribution is 9.10. The van der Waals surface area contributed by atoms with Crippen molar-refractivity contribution >= 4 is 33.1 Å². The summed E-state index contributed by atoms with van der Waals surface area (Å²) in [6.45, 7) is 5.05. The van der Waals surface area contributed by atoms with E-state index >= 15 is 0 Å². The van der Waals surface area contributed by atoms with Gasteiger partial charge in [-0.2, -0.15) is 0 Å². The Bertz CT molecular complexity index is 407. The Morgan fingerprint density at radius 2 is 2.11 bits per heavy atom. The maximum atomic E-state index is 5.83. The molecule has 0 saturated carbocycles. The Morgan fingerprint density at radius 3 is 2.72 bits per heavy atom. The predicted octanol–water partition coefficient (Wildman–Crippen LogP) is 4.41. The molecule has 4 heteroatoms. The minimum Gasteiger partial charge on any atom is -0.493 e. The molecule has 0 fully saturated rings. The molecule has 0 spiro atoms. The number of rotatable bonds is 7. The maximum absolute atomic E-state index is 5.83. The van der Waals surface area contributed by atoms with Crippen LogP contribution < -0.4 is 10.5 Å². The molecule has 1 aromatic rings. The van der Waals surface area contributed by atoms with Crippen LogP contribution in [0.5, 0.6) is 5.75 Å². The Balaban J connectivity index is 2.49. The van der Waals surface area contributed by atoms with Crippen molar-refractivity contribution in [2.45, 2.75) is 39.0 Å². The summed E-state index contributed by atoms with van der Waals surface area (Å²) in [4.78, 5) is 0.585. The zero-order chi connectivity index (χ0) is 13.5. The number of ether oxygens (including phenoxy) is 1. The van der Waals surface area contributed by atoms with E-state index in [0.717, 1.165) is 29.5 Å². The lowest BCUT2D eigenvalue weighted by molar-refractivity contribution is 0.304. The van der Waals surface area contributed by atoms with Gasteiger partial charge in [-0.15, -0.1) is 0 Å². The molecule has 18 heavy (non-hydrogen) atoms. The molecule has 0 radical (unpaired) electrons. The molecular formula is C14H20BrNOS. The number of unbranched alkanes of at least 4 members (excludes halogenated alkanes) is 1. The number of nitrogens with two attached hydrogens (primary N) is 1. The normalized spacial score (nSPS) is 10.7. The fourth-order valence-electron chi connectivity index (χ4n) is 1.69. The van der Waals surface area contributed by atoms with Gasteiger partial charge in [0.2, 0.25) is 0 Å². The molecule has 0 aliphatic carbocycles. The van der Waals surface area contributed by atoms with Crippen LogP contribution in [0.4, 0.5) is 0 Å². The Labute approximate surface area is 123 Å². The third-order valence-corrected chi connectivity index (χ3v) is 3.37. The zero-order valence-electron chi connectivity index (χ0n) is 10.9. The molecule has 0 atom stereocenters. The predicted molar refractivity (Wildman–Crippen MR) is 84.4 cm³/mol. The Morgan fingerprint density at radius 1 is 1.39 bits per heavy atom. The van der Waals surface area contributed by atoms with Crippen LogP contribution in [0.15, 0.2) is 22.7 Å². The monoisotopic (exact) mass is 329 g/mol. The van der Waals surface area contributed by atoms with Crippen LogP contribution in [0.2, 0.25) is 0 Å². The molecule has 2 nitrogen and oxygen atoms in total. The van der Waals surface area contributed by atoms with Gasteiger partial charge in [0.1, 0.15) is 5.75 Å². The Hall–Kier alpha value is -0.610. The fraction of sp³-hybridized carbons (Fsp3) is 0.500. The number of hydrogen-bond donors (Lipinski definition) is 1. The zero-order valence-corrected chi connectivity index (χ0v) is 13.3. The molecule has 0 aliphatic rings. The van der Waals surface area contributed by atoms with Crippen LogP contribution in [0.1, 0.15) is 44.6 Å². The highest BCUT2D eigenvalue weighted by Gasteiger charge is 2.08. The summed E-state index contributed by atoms with van der Waals surface area (Å²) in [6, 6.07) is 6.15. The van der Waals surface area contributed by atoms with E-state index in [1.165, 1.54) is 5.56 Å². The molecule has 0 amide bonds. The van der Waals surface area contributed by atoms with E-state index in [-0.39, 0.29) is 0 Å².